The molecule has 0 atom stereocenters. The molecule has 6 nitrogen and oxygen atoms in total. The number of esters is 1. The van der Waals surface area contributed by atoms with E-state index in [1.807, 2.05) is 6.92 Å². The van der Waals surface area contributed by atoms with Gasteiger partial charge < -0.3 is 14.8 Å². The summed E-state index contributed by atoms with van der Waals surface area (Å²) in [6.07, 6.45) is -3.74. The molecule has 3 aromatic rings. The number of halogens is 3. The molecule has 0 bridgehead atoms. The van der Waals surface area contributed by atoms with Crippen LogP contribution in [0.2, 0.25) is 0 Å². The molecule has 0 amide bonds. The summed E-state index contributed by atoms with van der Waals surface area (Å²) in [5.74, 6) is -0.922. The van der Waals surface area contributed by atoms with E-state index in [9.17, 15) is 18.0 Å². The summed E-state index contributed by atoms with van der Waals surface area (Å²) in [7, 11) is 0. The number of aromatic nitrogens is 2. The van der Waals surface area contributed by atoms with Gasteiger partial charge in [-0.15, -0.1) is 13.2 Å². The molecule has 0 aliphatic carbocycles. The van der Waals surface area contributed by atoms with Crippen LogP contribution in [0.3, 0.4) is 0 Å². The summed E-state index contributed by atoms with van der Waals surface area (Å²) < 4.78 is 46.2. The Morgan fingerprint density at radius 2 is 1.79 bits per heavy atom. The summed E-state index contributed by atoms with van der Waals surface area (Å²) in [5.41, 5.74) is 2.21. The van der Waals surface area contributed by atoms with Crippen molar-refractivity contribution in [2.24, 2.45) is 0 Å². The van der Waals surface area contributed by atoms with Gasteiger partial charge in [0.15, 0.2) is 5.65 Å². The van der Waals surface area contributed by atoms with Crippen molar-refractivity contribution in [2.45, 2.75) is 33.2 Å². The predicted molar refractivity (Wildman–Crippen MR) is 101 cm³/mol. The maximum absolute atomic E-state index is 12.5. The van der Waals surface area contributed by atoms with E-state index in [1.165, 1.54) is 30.5 Å². The van der Waals surface area contributed by atoms with E-state index < -0.39 is 12.3 Å². The number of hydrogen-bond acceptors (Lipinski definition) is 6. The van der Waals surface area contributed by atoms with Crippen LogP contribution in [0.25, 0.3) is 11.0 Å². The Balaban J connectivity index is 2.00. The predicted octanol–water partition coefficient (Wildman–Crippen LogP) is 5.15. The van der Waals surface area contributed by atoms with Crippen LogP contribution in [0.5, 0.6) is 5.75 Å². The van der Waals surface area contributed by atoms with E-state index in [4.69, 9.17) is 4.74 Å². The average molecular weight is 405 g/mol. The van der Waals surface area contributed by atoms with Gasteiger partial charge in [0.05, 0.1) is 11.8 Å². The Hall–Kier alpha value is -3.36. The van der Waals surface area contributed by atoms with E-state index in [0.717, 1.165) is 5.69 Å². The molecule has 0 aliphatic heterocycles. The summed E-state index contributed by atoms with van der Waals surface area (Å²) in [6, 6.07) is 8.70. The van der Waals surface area contributed by atoms with Crippen LogP contribution in [0.4, 0.5) is 24.5 Å². The standard InChI is InChI=1S/C20H18F3N3O3/c1-11(2)28-19(27)16-10-24-18-15(9-4-12(3)25-18)17(16)26-13-5-7-14(8-6-13)29-20(21,22)23/h4-11H,1-3H3,(H,24,25,26). The van der Waals surface area contributed by atoms with Crippen LogP contribution in [0.1, 0.15) is 29.9 Å². The molecule has 0 saturated heterocycles. The highest BCUT2D eigenvalue weighted by molar-refractivity contribution is 6.05. The van der Waals surface area contributed by atoms with E-state index in [1.54, 1.807) is 26.0 Å². The lowest BCUT2D eigenvalue weighted by Crippen LogP contribution is -2.17. The number of carbonyl (C=O) groups excluding carboxylic acids is 1. The minimum atomic E-state index is -4.77. The number of benzene rings is 1. The fraction of sp³-hybridized carbons (Fsp3) is 0.250. The summed E-state index contributed by atoms with van der Waals surface area (Å²) in [6.45, 7) is 5.27. The number of carbonyl (C=O) groups is 1. The van der Waals surface area contributed by atoms with Crippen molar-refractivity contribution in [1.29, 1.82) is 0 Å². The molecule has 1 aromatic carbocycles. The Morgan fingerprint density at radius 3 is 2.41 bits per heavy atom. The first kappa shape index (κ1) is 20.4. The highest BCUT2D eigenvalue weighted by atomic mass is 19.4. The minimum absolute atomic E-state index is 0.187. The van der Waals surface area contributed by atoms with Crippen molar-refractivity contribution < 1.29 is 27.4 Å². The van der Waals surface area contributed by atoms with Crippen molar-refractivity contribution in [3.05, 3.63) is 53.9 Å². The number of pyridine rings is 2. The molecule has 2 aromatic heterocycles. The Kier molecular flexibility index (Phi) is 5.58. The van der Waals surface area contributed by atoms with Crippen molar-refractivity contribution in [2.75, 3.05) is 5.32 Å². The maximum atomic E-state index is 12.5. The van der Waals surface area contributed by atoms with Gasteiger partial charge in [-0.05, 0) is 57.2 Å². The fourth-order valence-corrected chi connectivity index (χ4v) is 2.62. The topological polar surface area (TPSA) is 73.3 Å². The van der Waals surface area contributed by atoms with Crippen LogP contribution < -0.4 is 10.1 Å². The van der Waals surface area contributed by atoms with Gasteiger partial charge in [0.2, 0.25) is 0 Å². The molecule has 152 valence electrons. The molecule has 0 unspecified atom stereocenters. The summed E-state index contributed by atoms with van der Waals surface area (Å²) in [5, 5.41) is 3.64. The second-order valence-electron chi connectivity index (χ2n) is 6.52. The summed E-state index contributed by atoms with van der Waals surface area (Å²) in [4.78, 5) is 21.1. The van der Waals surface area contributed by atoms with Crippen LogP contribution in [0.15, 0.2) is 42.6 Å². The molecule has 3 rings (SSSR count). The number of aryl methyl sites for hydroxylation is 1. The van der Waals surface area contributed by atoms with Crippen molar-refractivity contribution >= 4 is 28.4 Å². The van der Waals surface area contributed by atoms with Crippen molar-refractivity contribution in [1.82, 2.24) is 9.97 Å². The number of nitrogens with zero attached hydrogens (tertiary/aromatic N) is 2. The van der Waals surface area contributed by atoms with Gasteiger partial charge in [-0.1, -0.05) is 0 Å². The van der Waals surface area contributed by atoms with Gasteiger partial charge in [-0.2, -0.15) is 0 Å². The van der Waals surface area contributed by atoms with Crippen LogP contribution in [0, 0.1) is 6.92 Å². The first-order valence-corrected chi connectivity index (χ1v) is 8.72. The number of fused-ring (bicyclic) bond motifs is 1. The van der Waals surface area contributed by atoms with E-state index in [-0.39, 0.29) is 17.4 Å². The molecule has 1 N–H and O–H groups in total. The number of ether oxygens (including phenoxy) is 2. The van der Waals surface area contributed by atoms with Gasteiger partial charge in [-0.3, -0.25) is 0 Å². The highest BCUT2D eigenvalue weighted by Gasteiger charge is 2.31. The molecular weight excluding hydrogens is 387 g/mol. The molecule has 0 radical (unpaired) electrons. The quantitative estimate of drug-likeness (QED) is 0.592. The van der Waals surface area contributed by atoms with Gasteiger partial charge in [0.1, 0.15) is 11.3 Å². The monoisotopic (exact) mass is 405 g/mol. The molecular formula is C20H18F3N3O3. The zero-order chi connectivity index (χ0) is 21.2. The Bertz CT molecular complexity index is 1030. The van der Waals surface area contributed by atoms with Crippen LogP contribution in [-0.4, -0.2) is 28.4 Å². The number of alkyl halides is 3. The summed E-state index contributed by atoms with van der Waals surface area (Å²) >= 11 is 0. The Labute approximate surface area is 164 Å². The molecule has 9 heteroatoms. The number of hydrogen-bond donors (Lipinski definition) is 1. The lowest BCUT2D eigenvalue weighted by Gasteiger charge is -2.16. The zero-order valence-corrected chi connectivity index (χ0v) is 15.9. The smallest absolute Gasteiger partial charge is 0.459 e. The van der Waals surface area contributed by atoms with Crippen LogP contribution >= 0.6 is 0 Å². The minimum Gasteiger partial charge on any atom is -0.459 e. The van der Waals surface area contributed by atoms with Gasteiger partial charge in [0.25, 0.3) is 0 Å². The second kappa shape index (κ2) is 7.94. The van der Waals surface area contributed by atoms with Gasteiger partial charge >= 0.3 is 12.3 Å². The lowest BCUT2D eigenvalue weighted by atomic mass is 10.1. The Morgan fingerprint density at radius 1 is 1.10 bits per heavy atom. The third-order valence-corrected chi connectivity index (χ3v) is 3.79. The van der Waals surface area contributed by atoms with Gasteiger partial charge in [0, 0.05) is 23.0 Å². The lowest BCUT2D eigenvalue weighted by molar-refractivity contribution is -0.274. The highest BCUT2D eigenvalue weighted by Crippen LogP contribution is 2.31. The largest absolute Gasteiger partial charge is 0.573 e. The zero-order valence-electron chi connectivity index (χ0n) is 15.9. The molecule has 0 saturated carbocycles. The molecule has 2 heterocycles. The van der Waals surface area contributed by atoms with E-state index >= 15 is 0 Å². The first-order valence-electron chi connectivity index (χ1n) is 8.72. The number of nitrogens with one attached hydrogen (secondary N) is 1. The van der Waals surface area contributed by atoms with Crippen LogP contribution in [-0.2, 0) is 4.74 Å². The molecule has 29 heavy (non-hydrogen) atoms. The second-order valence-corrected chi connectivity index (χ2v) is 6.52. The number of anilines is 2. The third-order valence-electron chi connectivity index (χ3n) is 3.79. The average Bonchev–Trinajstić information content (AvgIpc) is 2.61. The molecule has 0 aliphatic rings. The molecule has 0 fully saturated rings. The van der Waals surface area contributed by atoms with Crippen molar-refractivity contribution in [3.63, 3.8) is 0 Å². The maximum Gasteiger partial charge on any atom is 0.573 e. The third kappa shape index (κ3) is 5.13. The van der Waals surface area contributed by atoms with Crippen molar-refractivity contribution in [3.8, 4) is 5.75 Å². The number of rotatable bonds is 5. The first-order chi connectivity index (χ1) is 13.6. The van der Waals surface area contributed by atoms with E-state index in [2.05, 4.69) is 20.0 Å². The normalized spacial score (nSPS) is 11.6. The van der Waals surface area contributed by atoms with Gasteiger partial charge in [-0.25, -0.2) is 14.8 Å². The van der Waals surface area contributed by atoms with E-state index in [0.29, 0.717) is 22.4 Å². The fourth-order valence-electron chi connectivity index (χ4n) is 2.62. The molecule has 0 spiro atoms. The SMILES string of the molecule is Cc1ccc2c(Nc3ccc(OC(F)(F)F)cc3)c(C(=O)OC(C)C)cnc2n1.